The summed E-state index contributed by atoms with van der Waals surface area (Å²) in [6.45, 7) is 2.58. The average molecular weight is 218 g/mol. The van der Waals surface area contributed by atoms with Crippen molar-refractivity contribution in [3.05, 3.63) is 34.6 Å². The lowest BCUT2D eigenvalue weighted by Gasteiger charge is -2.15. The van der Waals surface area contributed by atoms with E-state index in [1.807, 2.05) is 6.92 Å². The van der Waals surface area contributed by atoms with Crippen molar-refractivity contribution in [2.45, 2.75) is 13.0 Å². The molecule has 2 N–H and O–H groups in total. The minimum absolute atomic E-state index is 0.0606. The van der Waals surface area contributed by atoms with Gasteiger partial charge in [0.25, 0.3) is 0 Å². The Balaban J connectivity index is 2.88. The van der Waals surface area contributed by atoms with Gasteiger partial charge in [-0.3, -0.25) is 0 Å². The van der Waals surface area contributed by atoms with E-state index in [0.29, 0.717) is 5.56 Å². The van der Waals surface area contributed by atoms with E-state index in [2.05, 4.69) is 5.32 Å². The minimum Gasteiger partial charge on any atom is -0.394 e. The van der Waals surface area contributed by atoms with Gasteiger partial charge in [0.15, 0.2) is 0 Å². The first kappa shape index (κ1) is 11.4. The number of aliphatic hydroxyl groups is 1. The van der Waals surface area contributed by atoms with E-state index in [-0.39, 0.29) is 17.7 Å². The number of aliphatic hydroxyl groups excluding tert-OH is 1. The van der Waals surface area contributed by atoms with E-state index >= 15 is 0 Å². The highest BCUT2D eigenvalue weighted by atomic mass is 35.5. The molecule has 0 aliphatic carbocycles. The van der Waals surface area contributed by atoms with Crippen molar-refractivity contribution in [1.29, 1.82) is 0 Å². The molecular formula is C10H13ClFNO. The highest BCUT2D eigenvalue weighted by Gasteiger charge is 2.10. The first-order valence-electron chi connectivity index (χ1n) is 4.48. The zero-order chi connectivity index (χ0) is 10.6. The lowest BCUT2D eigenvalue weighted by molar-refractivity contribution is 0.246. The summed E-state index contributed by atoms with van der Waals surface area (Å²) in [6, 6.07) is 4.30. The topological polar surface area (TPSA) is 32.3 Å². The third kappa shape index (κ3) is 2.67. The van der Waals surface area contributed by atoms with Gasteiger partial charge in [-0.1, -0.05) is 24.6 Å². The fraction of sp³-hybridized carbons (Fsp3) is 0.400. The first-order chi connectivity index (χ1) is 6.69. The molecule has 4 heteroatoms. The van der Waals surface area contributed by atoms with Crippen LogP contribution >= 0.6 is 11.6 Å². The van der Waals surface area contributed by atoms with Crippen molar-refractivity contribution < 1.29 is 9.50 Å². The van der Waals surface area contributed by atoms with Crippen LogP contribution in [0.2, 0.25) is 5.02 Å². The molecule has 1 rings (SSSR count). The van der Waals surface area contributed by atoms with Crippen molar-refractivity contribution in [2.24, 2.45) is 0 Å². The summed E-state index contributed by atoms with van der Waals surface area (Å²) in [6.07, 6.45) is 0. The molecule has 1 unspecified atom stereocenters. The second-order valence-corrected chi connectivity index (χ2v) is 3.37. The predicted octanol–water partition coefficient (Wildman–Crippen LogP) is 2.12. The molecule has 78 valence electrons. The number of nitrogens with one attached hydrogen (secondary N) is 1. The third-order valence-electron chi connectivity index (χ3n) is 1.98. The molecular weight excluding hydrogens is 205 g/mol. The quantitative estimate of drug-likeness (QED) is 0.810. The summed E-state index contributed by atoms with van der Waals surface area (Å²) in [5, 5.41) is 12.2. The van der Waals surface area contributed by atoms with Gasteiger partial charge in [0.05, 0.1) is 17.7 Å². The summed E-state index contributed by atoms with van der Waals surface area (Å²) >= 11 is 5.55. The number of benzene rings is 1. The van der Waals surface area contributed by atoms with E-state index in [4.69, 9.17) is 16.7 Å². The zero-order valence-electron chi connectivity index (χ0n) is 7.93. The van der Waals surface area contributed by atoms with E-state index in [1.165, 1.54) is 12.1 Å². The van der Waals surface area contributed by atoms with Gasteiger partial charge in [-0.05, 0) is 24.2 Å². The van der Waals surface area contributed by atoms with Crippen LogP contribution in [0.3, 0.4) is 0 Å². The minimum atomic E-state index is -0.458. The first-order valence-corrected chi connectivity index (χ1v) is 4.86. The van der Waals surface area contributed by atoms with Crippen LogP contribution in [0.1, 0.15) is 18.5 Å². The van der Waals surface area contributed by atoms with E-state index in [1.54, 1.807) is 6.07 Å². The molecule has 2 nitrogen and oxygen atoms in total. The molecule has 0 bridgehead atoms. The van der Waals surface area contributed by atoms with Crippen LogP contribution in [-0.2, 0) is 0 Å². The van der Waals surface area contributed by atoms with Crippen LogP contribution in [0.25, 0.3) is 0 Å². The summed E-state index contributed by atoms with van der Waals surface area (Å²) < 4.78 is 13.1. The van der Waals surface area contributed by atoms with Crippen LogP contribution in [0.15, 0.2) is 18.2 Å². The molecule has 0 amide bonds. The fourth-order valence-electron chi connectivity index (χ4n) is 1.26. The van der Waals surface area contributed by atoms with Crippen LogP contribution < -0.4 is 5.32 Å². The number of hydrogen-bond donors (Lipinski definition) is 2. The van der Waals surface area contributed by atoms with Crippen LogP contribution in [0.5, 0.6) is 0 Å². The van der Waals surface area contributed by atoms with Crippen LogP contribution in [-0.4, -0.2) is 18.3 Å². The smallest absolute Gasteiger partial charge is 0.142 e. The Hall–Kier alpha value is -0.640. The van der Waals surface area contributed by atoms with E-state index in [0.717, 1.165) is 6.54 Å². The monoisotopic (exact) mass is 217 g/mol. The summed E-state index contributed by atoms with van der Waals surface area (Å²) in [7, 11) is 0. The van der Waals surface area contributed by atoms with E-state index in [9.17, 15) is 4.39 Å². The largest absolute Gasteiger partial charge is 0.394 e. The lowest BCUT2D eigenvalue weighted by Crippen LogP contribution is -2.24. The number of hydrogen-bond acceptors (Lipinski definition) is 2. The summed E-state index contributed by atoms with van der Waals surface area (Å²) in [4.78, 5) is 0. The molecule has 0 aromatic heterocycles. The normalized spacial score (nSPS) is 12.9. The lowest BCUT2D eigenvalue weighted by atomic mass is 10.1. The number of likely N-dealkylation sites (N-methyl/N-ethyl adjacent to an activating group) is 1. The van der Waals surface area contributed by atoms with Crippen LogP contribution in [0, 0.1) is 5.82 Å². The molecule has 0 aliphatic rings. The Bertz CT molecular complexity index is 306. The van der Waals surface area contributed by atoms with Gasteiger partial charge in [-0.25, -0.2) is 4.39 Å². The molecule has 1 aromatic rings. The van der Waals surface area contributed by atoms with E-state index < -0.39 is 5.82 Å². The van der Waals surface area contributed by atoms with Crippen molar-refractivity contribution in [1.82, 2.24) is 5.32 Å². The maximum atomic E-state index is 13.1. The number of rotatable bonds is 4. The van der Waals surface area contributed by atoms with Crippen molar-refractivity contribution in [2.75, 3.05) is 13.2 Å². The Morgan fingerprint density at radius 2 is 2.29 bits per heavy atom. The van der Waals surface area contributed by atoms with Gasteiger partial charge in [0.2, 0.25) is 0 Å². The van der Waals surface area contributed by atoms with Gasteiger partial charge in [-0.15, -0.1) is 0 Å². The molecule has 0 saturated heterocycles. The molecule has 1 atom stereocenters. The molecule has 0 saturated carbocycles. The van der Waals surface area contributed by atoms with Gasteiger partial charge >= 0.3 is 0 Å². The summed E-state index contributed by atoms with van der Waals surface area (Å²) in [5.41, 5.74) is 0.705. The Kier molecular flexibility index (Phi) is 4.32. The Morgan fingerprint density at radius 3 is 2.79 bits per heavy atom. The highest BCUT2D eigenvalue weighted by Crippen LogP contribution is 2.19. The van der Waals surface area contributed by atoms with Gasteiger partial charge in [0, 0.05) is 0 Å². The maximum Gasteiger partial charge on any atom is 0.142 e. The van der Waals surface area contributed by atoms with Gasteiger partial charge < -0.3 is 10.4 Å². The predicted molar refractivity (Wildman–Crippen MR) is 54.9 cm³/mol. The highest BCUT2D eigenvalue weighted by molar-refractivity contribution is 6.30. The Labute approximate surface area is 87.7 Å². The third-order valence-corrected chi connectivity index (χ3v) is 2.29. The molecule has 0 spiro atoms. The second-order valence-electron chi connectivity index (χ2n) is 2.97. The maximum absolute atomic E-state index is 13.1. The molecule has 1 aromatic carbocycles. The molecule has 0 radical (unpaired) electrons. The summed E-state index contributed by atoms with van der Waals surface area (Å²) in [5.74, 6) is -0.458. The van der Waals surface area contributed by atoms with Crippen molar-refractivity contribution in [3.8, 4) is 0 Å². The average Bonchev–Trinajstić information content (AvgIpc) is 2.19. The molecule has 0 heterocycles. The molecule has 0 fully saturated rings. The van der Waals surface area contributed by atoms with Crippen molar-refractivity contribution >= 4 is 11.6 Å². The van der Waals surface area contributed by atoms with Crippen molar-refractivity contribution in [3.63, 3.8) is 0 Å². The molecule has 14 heavy (non-hydrogen) atoms. The SMILES string of the molecule is CCNC(CO)c1ccc(Cl)c(F)c1. The fourth-order valence-corrected chi connectivity index (χ4v) is 1.38. The van der Waals surface area contributed by atoms with Gasteiger partial charge in [0.1, 0.15) is 5.82 Å². The second kappa shape index (κ2) is 5.29. The molecule has 0 aliphatic heterocycles. The zero-order valence-corrected chi connectivity index (χ0v) is 8.68. The van der Waals surface area contributed by atoms with Crippen LogP contribution in [0.4, 0.5) is 4.39 Å². The standard InChI is InChI=1S/C10H13ClFNO/c1-2-13-10(6-14)7-3-4-8(11)9(12)5-7/h3-5,10,13-14H,2,6H2,1H3. The Morgan fingerprint density at radius 1 is 1.57 bits per heavy atom. The van der Waals surface area contributed by atoms with Gasteiger partial charge in [-0.2, -0.15) is 0 Å². The number of halogens is 2.